The maximum atomic E-state index is 12.1. The van der Waals surface area contributed by atoms with Gasteiger partial charge in [0, 0.05) is 56.7 Å². The van der Waals surface area contributed by atoms with Crippen LogP contribution in [0.1, 0.15) is 43.1 Å². The molecule has 1 aliphatic heterocycles. The Labute approximate surface area is 168 Å². The normalized spacial score (nSPS) is 25.6. The second-order valence-corrected chi connectivity index (χ2v) is 8.60. The first-order valence-corrected chi connectivity index (χ1v) is 10.3. The molecule has 1 heterocycles. The third kappa shape index (κ3) is 4.17. The molecule has 3 unspecified atom stereocenters. The summed E-state index contributed by atoms with van der Waals surface area (Å²) in [6.45, 7) is 9.00. The van der Waals surface area contributed by atoms with Gasteiger partial charge in [-0.05, 0) is 37.5 Å². The lowest BCUT2D eigenvalue weighted by Crippen LogP contribution is -2.68. The average Bonchev–Trinajstić information content (AvgIpc) is 3.12. The average molecular weight is 387 g/mol. The number of benzene rings is 1. The van der Waals surface area contributed by atoms with E-state index in [2.05, 4.69) is 37.5 Å². The highest BCUT2D eigenvalue weighted by atomic mass is 16.5. The van der Waals surface area contributed by atoms with Gasteiger partial charge in [0.05, 0.1) is 6.10 Å². The van der Waals surface area contributed by atoms with Crippen LogP contribution in [0.5, 0.6) is 0 Å². The second-order valence-electron chi connectivity index (χ2n) is 8.60. The van der Waals surface area contributed by atoms with Gasteiger partial charge in [-0.2, -0.15) is 0 Å². The second kappa shape index (κ2) is 8.52. The van der Waals surface area contributed by atoms with Crippen molar-refractivity contribution in [1.29, 1.82) is 0 Å². The van der Waals surface area contributed by atoms with Gasteiger partial charge in [0.25, 0.3) is 5.91 Å². The largest absolute Gasteiger partial charge is 0.377 e. The Morgan fingerprint density at radius 3 is 2.86 bits per heavy atom. The van der Waals surface area contributed by atoms with Crippen molar-refractivity contribution in [3.63, 3.8) is 0 Å². The lowest BCUT2D eigenvalue weighted by Gasteiger charge is -2.54. The molecule has 1 aromatic rings. The van der Waals surface area contributed by atoms with Crippen LogP contribution in [0.3, 0.4) is 0 Å². The van der Waals surface area contributed by atoms with Gasteiger partial charge in [-0.3, -0.25) is 9.79 Å². The van der Waals surface area contributed by atoms with Crippen molar-refractivity contribution in [3.05, 3.63) is 35.4 Å². The number of carbonyl (C=O) groups excluding carboxylic acids is 1. The fraction of sp³-hybridized carbons (Fsp3) is 0.636. The van der Waals surface area contributed by atoms with E-state index in [1.165, 1.54) is 0 Å². The molecule has 6 heteroatoms. The standard InChI is InChI=1S/C22H34N4O2/c1-6-23-21(25-18-17-11-13-28-19(17)22(18,2)3)24-12-10-15-8-7-9-16(14-15)20(27)26(4)5/h7-9,14,17-19H,6,10-13H2,1-5H3,(H2,23,24,25). The third-order valence-corrected chi connectivity index (χ3v) is 5.99. The molecule has 28 heavy (non-hydrogen) atoms. The predicted octanol–water partition coefficient (Wildman–Crippen LogP) is 2.30. The van der Waals surface area contributed by atoms with Gasteiger partial charge in [-0.25, -0.2) is 0 Å². The highest BCUT2D eigenvalue weighted by Crippen LogP contribution is 2.52. The van der Waals surface area contributed by atoms with E-state index in [1.54, 1.807) is 19.0 Å². The number of hydrogen-bond acceptors (Lipinski definition) is 3. The lowest BCUT2D eigenvalue weighted by atomic mass is 9.57. The minimum absolute atomic E-state index is 0.0286. The molecule has 2 fully saturated rings. The van der Waals surface area contributed by atoms with E-state index in [0.717, 1.165) is 43.1 Å². The van der Waals surface area contributed by atoms with E-state index in [-0.39, 0.29) is 11.3 Å². The molecule has 3 rings (SSSR count). The van der Waals surface area contributed by atoms with Gasteiger partial charge < -0.3 is 20.3 Å². The number of nitrogens with zero attached hydrogens (tertiary/aromatic N) is 2. The maximum absolute atomic E-state index is 12.1. The zero-order valence-electron chi connectivity index (χ0n) is 17.8. The van der Waals surface area contributed by atoms with Gasteiger partial charge in [0.2, 0.25) is 0 Å². The predicted molar refractivity (Wildman–Crippen MR) is 113 cm³/mol. The molecule has 2 N–H and O–H groups in total. The van der Waals surface area contributed by atoms with Crippen molar-refractivity contribution in [2.75, 3.05) is 33.8 Å². The van der Waals surface area contributed by atoms with Gasteiger partial charge in [-0.15, -0.1) is 0 Å². The number of fused-ring (bicyclic) bond motifs is 1. The molecule has 3 atom stereocenters. The smallest absolute Gasteiger partial charge is 0.253 e. The number of guanidine groups is 1. The van der Waals surface area contributed by atoms with Crippen molar-refractivity contribution < 1.29 is 9.53 Å². The molecule has 1 saturated carbocycles. The number of hydrogen-bond donors (Lipinski definition) is 2. The summed E-state index contributed by atoms with van der Waals surface area (Å²) in [5.74, 6) is 1.47. The fourth-order valence-corrected chi connectivity index (χ4v) is 4.50. The third-order valence-electron chi connectivity index (χ3n) is 5.99. The molecular weight excluding hydrogens is 352 g/mol. The number of ether oxygens (including phenoxy) is 1. The van der Waals surface area contributed by atoms with Gasteiger partial charge in [0.1, 0.15) is 0 Å². The molecular formula is C22H34N4O2. The highest BCUT2D eigenvalue weighted by molar-refractivity contribution is 5.94. The SMILES string of the molecule is CCNC(=NCCc1cccc(C(=O)N(C)C)c1)NC1C2CCOC2C1(C)C. The summed E-state index contributed by atoms with van der Waals surface area (Å²) in [6.07, 6.45) is 2.29. The number of nitrogens with one attached hydrogen (secondary N) is 2. The van der Waals surface area contributed by atoms with Crippen LogP contribution in [-0.2, 0) is 11.2 Å². The molecule has 1 aliphatic carbocycles. The topological polar surface area (TPSA) is 66.0 Å². The van der Waals surface area contributed by atoms with Crippen LogP contribution in [0.15, 0.2) is 29.3 Å². The van der Waals surface area contributed by atoms with E-state index < -0.39 is 0 Å². The Balaban J connectivity index is 1.61. The van der Waals surface area contributed by atoms with Crippen LogP contribution < -0.4 is 10.6 Å². The van der Waals surface area contributed by atoms with Crippen LogP contribution in [0.4, 0.5) is 0 Å². The van der Waals surface area contributed by atoms with Crippen molar-refractivity contribution in [1.82, 2.24) is 15.5 Å². The molecule has 0 aromatic heterocycles. The zero-order chi connectivity index (χ0) is 20.3. The minimum atomic E-state index is 0.0286. The Hall–Kier alpha value is -2.08. The van der Waals surface area contributed by atoms with E-state index in [1.807, 2.05) is 18.2 Å². The van der Waals surface area contributed by atoms with Crippen LogP contribution in [0.25, 0.3) is 0 Å². The maximum Gasteiger partial charge on any atom is 0.253 e. The Bertz CT molecular complexity index is 729. The molecule has 6 nitrogen and oxygen atoms in total. The first-order valence-electron chi connectivity index (χ1n) is 10.3. The highest BCUT2D eigenvalue weighted by Gasteiger charge is 2.59. The summed E-state index contributed by atoms with van der Waals surface area (Å²) < 4.78 is 5.89. The van der Waals surface area contributed by atoms with Gasteiger partial charge in [0.15, 0.2) is 5.96 Å². The molecule has 1 saturated heterocycles. The van der Waals surface area contributed by atoms with Crippen molar-refractivity contribution >= 4 is 11.9 Å². The molecule has 0 radical (unpaired) electrons. The number of amides is 1. The van der Waals surface area contributed by atoms with Crippen LogP contribution >= 0.6 is 0 Å². The van der Waals surface area contributed by atoms with E-state index >= 15 is 0 Å². The number of carbonyl (C=O) groups is 1. The minimum Gasteiger partial charge on any atom is -0.377 e. The molecule has 154 valence electrons. The summed E-state index contributed by atoms with van der Waals surface area (Å²) in [4.78, 5) is 18.5. The van der Waals surface area contributed by atoms with Crippen LogP contribution in [-0.4, -0.2) is 62.7 Å². The van der Waals surface area contributed by atoms with Gasteiger partial charge in [-0.1, -0.05) is 26.0 Å². The lowest BCUT2D eigenvalue weighted by molar-refractivity contribution is -0.106. The monoisotopic (exact) mass is 386 g/mol. The summed E-state index contributed by atoms with van der Waals surface area (Å²) in [5, 5.41) is 7.01. The quantitative estimate of drug-likeness (QED) is 0.582. The Morgan fingerprint density at radius 1 is 1.36 bits per heavy atom. The molecule has 1 amide bonds. The van der Waals surface area contributed by atoms with E-state index in [0.29, 0.717) is 24.6 Å². The van der Waals surface area contributed by atoms with Crippen LogP contribution in [0, 0.1) is 11.3 Å². The van der Waals surface area contributed by atoms with Crippen molar-refractivity contribution in [3.8, 4) is 0 Å². The molecule has 1 aromatic carbocycles. The number of aliphatic imine (C=N–C) groups is 1. The fourth-order valence-electron chi connectivity index (χ4n) is 4.50. The van der Waals surface area contributed by atoms with Crippen molar-refractivity contribution in [2.24, 2.45) is 16.3 Å². The van der Waals surface area contributed by atoms with Crippen molar-refractivity contribution in [2.45, 2.75) is 45.8 Å². The summed E-state index contributed by atoms with van der Waals surface area (Å²) in [5.41, 5.74) is 1.97. The first-order chi connectivity index (χ1) is 13.3. The molecule has 2 aliphatic rings. The summed E-state index contributed by atoms with van der Waals surface area (Å²) >= 11 is 0. The number of rotatable bonds is 6. The first kappa shape index (κ1) is 20.6. The Morgan fingerprint density at radius 2 is 2.14 bits per heavy atom. The van der Waals surface area contributed by atoms with Gasteiger partial charge >= 0.3 is 0 Å². The van der Waals surface area contributed by atoms with E-state index in [9.17, 15) is 4.79 Å². The summed E-state index contributed by atoms with van der Waals surface area (Å²) in [6, 6.07) is 8.21. The zero-order valence-corrected chi connectivity index (χ0v) is 17.8. The molecule has 0 bridgehead atoms. The van der Waals surface area contributed by atoms with E-state index in [4.69, 9.17) is 9.73 Å². The van der Waals surface area contributed by atoms with Crippen LogP contribution in [0.2, 0.25) is 0 Å². The Kier molecular flexibility index (Phi) is 6.28. The molecule has 0 spiro atoms. The summed E-state index contributed by atoms with van der Waals surface area (Å²) in [7, 11) is 3.55.